The van der Waals surface area contributed by atoms with Crippen LogP contribution in [0.2, 0.25) is 0 Å². The molecule has 0 unspecified atom stereocenters. The third-order valence-corrected chi connectivity index (χ3v) is 3.54. The molecule has 0 aliphatic heterocycles. The number of benzene rings is 1. The van der Waals surface area contributed by atoms with Crippen LogP contribution in [0.4, 0.5) is 0 Å². The smallest absolute Gasteiger partial charge is 0.277 e. The molecule has 1 aromatic rings. The Kier molecular flexibility index (Phi) is 7.30. The van der Waals surface area contributed by atoms with Crippen molar-refractivity contribution in [1.82, 2.24) is 5.43 Å². The molecule has 0 bridgehead atoms. The van der Waals surface area contributed by atoms with E-state index in [1.165, 1.54) is 5.56 Å². The maximum atomic E-state index is 11.6. The number of amides is 1. The first-order valence-corrected chi connectivity index (χ1v) is 7.65. The first-order chi connectivity index (χ1) is 9.60. The summed E-state index contributed by atoms with van der Waals surface area (Å²) in [7, 11) is 0. The normalized spacial score (nSPS) is 10.0. The van der Waals surface area contributed by atoms with Crippen molar-refractivity contribution < 1.29 is 9.53 Å². The lowest BCUT2D eigenvalue weighted by Gasteiger charge is -2.08. The van der Waals surface area contributed by atoms with Gasteiger partial charge in [-0.3, -0.25) is 4.79 Å². The summed E-state index contributed by atoms with van der Waals surface area (Å²) in [5.74, 6) is 0.406. The second-order valence-corrected chi connectivity index (χ2v) is 5.18. The number of hydrogen-bond acceptors (Lipinski definition) is 3. The Bertz CT molecular complexity index is 481. The quantitative estimate of drug-likeness (QED) is 0.608. The van der Waals surface area contributed by atoms with Crippen LogP contribution in [0.25, 0.3) is 0 Å². The first-order valence-electron chi connectivity index (χ1n) is 6.86. The van der Waals surface area contributed by atoms with Crippen molar-refractivity contribution in [1.29, 1.82) is 0 Å². The molecule has 0 fully saturated rings. The van der Waals surface area contributed by atoms with Crippen LogP contribution >= 0.6 is 15.9 Å². The largest absolute Gasteiger partial charge is 0.483 e. The van der Waals surface area contributed by atoms with Crippen molar-refractivity contribution in [2.45, 2.75) is 40.0 Å². The average Bonchev–Trinajstić information content (AvgIpc) is 2.46. The fourth-order valence-corrected chi connectivity index (χ4v) is 2.15. The summed E-state index contributed by atoms with van der Waals surface area (Å²) in [6, 6.07) is 5.85. The van der Waals surface area contributed by atoms with Crippen molar-refractivity contribution in [3.63, 3.8) is 0 Å². The van der Waals surface area contributed by atoms with E-state index in [1.807, 2.05) is 32.0 Å². The molecular weight excluding hydrogens is 320 g/mol. The van der Waals surface area contributed by atoms with Gasteiger partial charge in [-0.05, 0) is 52.9 Å². The van der Waals surface area contributed by atoms with Gasteiger partial charge in [0.05, 0.1) is 4.47 Å². The summed E-state index contributed by atoms with van der Waals surface area (Å²) < 4.78 is 6.33. The Morgan fingerprint density at radius 3 is 2.55 bits per heavy atom. The third kappa shape index (κ3) is 5.33. The van der Waals surface area contributed by atoms with Gasteiger partial charge in [0.1, 0.15) is 5.75 Å². The van der Waals surface area contributed by atoms with E-state index < -0.39 is 0 Å². The third-order valence-electron chi connectivity index (χ3n) is 2.92. The lowest BCUT2D eigenvalue weighted by atomic mass is 10.2. The molecule has 1 amide bonds. The highest BCUT2D eigenvalue weighted by atomic mass is 79.9. The topological polar surface area (TPSA) is 50.7 Å². The maximum absolute atomic E-state index is 11.6. The predicted octanol–water partition coefficient (Wildman–Crippen LogP) is 3.68. The number of hydrogen-bond donors (Lipinski definition) is 1. The molecule has 1 rings (SSSR count). The maximum Gasteiger partial charge on any atom is 0.277 e. The highest BCUT2D eigenvalue weighted by molar-refractivity contribution is 9.10. The molecule has 4 nitrogen and oxygen atoms in total. The Hall–Kier alpha value is -1.36. The van der Waals surface area contributed by atoms with Crippen LogP contribution in [-0.2, 0) is 11.2 Å². The van der Waals surface area contributed by atoms with Gasteiger partial charge in [-0.15, -0.1) is 0 Å². The van der Waals surface area contributed by atoms with Gasteiger partial charge in [-0.25, -0.2) is 5.43 Å². The Balaban J connectivity index is 2.51. The summed E-state index contributed by atoms with van der Waals surface area (Å²) in [6.45, 7) is 6.07. The molecule has 0 saturated carbocycles. The van der Waals surface area contributed by atoms with Gasteiger partial charge in [-0.2, -0.15) is 5.10 Å². The number of hydrazone groups is 1. The van der Waals surface area contributed by atoms with Crippen LogP contribution in [0, 0.1) is 0 Å². The number of ether oxygens (including phenoxy) is 1. The van der Waals surface area contributed by atoms with E-state index in [9.17, 15) is 4.79 Å². The number of nitrogens with zero attached hydrogens (tertiary/aromatic N) is 1. The van der Waals surface area contributed by atoms with E-state index in [2.05, 4.69) is 33.4 Å². The van der Waals surface area contributed by atoms with Gasteiger partial charge in [0.2, 0.25) is 0 Å². The Labute approximate surface area is 128 Å². The van der Waals surface area contributed by atoms with Crippen molar-refractivity contribution in [3.8, 4) is 5.75 Å². The number of halogens is 1. The van der Waals surface area contributed by atoms with Crippen molar-refractivity contribution in [2.75, 3.05) is 6.61 Å². The lowest BCUT2D eigenvalue weighted by molar-refractivity contribution is -0.123. The second kappa shape index (κ2) is 8.74. The zero-order valence-electron chi connectivity index (χ0n) is 12.2. The summed E-state index contributed by atoms with van der Waals surface area (Å²) in [5.41, 5.74) is 4.69. The molecule has 0 atom stereocenters. The minimum absolute atomic E-state index is 0.0473. The molecule has 1 N–H and O–H groups in total. The highest BCUT2D eigenvalue weighted by Gasteiger charge is 2.06. The van der Waals surface area contributed by atoms with Crippen LogP contribution in [0.5, 0.6) is 5.75 Å². The van der Waals surface area contributed by atoms with Crippen molar-refractivity contribution in [3.05, 3.63) is 28.2 Å². The lowest BCUT2D eigenvalue weighted by Crippen LogP contribution is -2.25. The summed E-state index contributed by atoms with van der Waals surface area (Å²) in [6.07, 6.45) is 2.63. The number of carbonyl (C=O) groups excluding carboxylic acids is 1. The van der Waals surface area contributed by atoms with E-state index in [-0.39, 0.29) is 12.5 Å². The minimum Gasteiger partial charge on any atom is -0.483 e. The summed E-state index contributed by atoms with van der Waals surface area (Å²) >= 11 is 3.44. The molecule has 0 aliphatic rings. The molecule has 0 aliphatic carbocycles. The number of rotatable bonds is 7. The van der Waals surface area contributed by atoms with Crippen LogP contribution < -0.4 is 10.2 Å². The van der Waals surface area contributed by atoms with Gasteiger partial charge in [-0.1, -0.05) is 26.8 Å². The van der Waals surface area contributed by atoms with Crippen LogP contribution in [0.3, 0.4) is 0 Å². The van der Waals surface area contributed by atoms with Gasteiger partial charge in [0, 0.05) is 5.71 Å². The molecule has 0 saturated heterocycles. The fraction of sp³-hybridized carbons (Fsp3) is 0.467. The van der Waals surface area contributed by atoms with Gasteiger partial charge in [0.25, 0.3) is 5.91 Å². The zero-order chi connectivity index (χ0) is 15.0. The van der Waals surface area contributed by atoms with Crippen LogP contribution in [0.15, 0.2) is 27.8 Å². The van der Waals surface area contributed by atoms with E-state index in [0.29, 0.717) is 5.75 Å². The molecule has 0 spiro atoms. The molecule has 5 heteroatoms. The predicted molar refractivity (Wildman–Crippen MR) is 85.2 cm³/mol. The van der Waals surface area contributed by atoms with E-state index in [4.69, 9.17) is 4.74 Å². The van der Waals surface area contributed by atoms with Crippen molar-refractivity contribution >= 4 is 27.5 Å². The molecular formula is C15H21BrN2O2. The molecule has 0 heterocycles. The molecule has 20 heavy (non-hydrogen) atoms. The van der Waals surface area contributed by atoms with Gasteiger partial charge >= 0.3 is 0 Å². The number of carbonyl (C=O) groups is 1. The first kappa shape index (κ1) is 16.7. The van der Waals surface area contributed by atoms with E-state index in [0.717, 1.165) is 29.4 Å². The van der Waals surface area contributed by atoms with Crippen LogP contribution in [0.1, 0.15) is 39.2 Å². The summed E-state index contributed by atoms with van der Waals surface area (Å²) in [5, 5.41) is 4.05. The molecule has 1 aromatic carbocycles. The fourth-order valence-electron chi connectivity index (χ4n) is 1.61. The van der Waals surface area contributed by atoms with Gasteiger partial charge in [0.15, 0.2) is 6.61 Å². The zero-order valence-corrected chi connectivity index (χ0v) is 13.8. The number of nitrogens with one attached hydrogen (secondary N) is 1. The van der Waals surface area contributed by atoms with Gasteiger partial charge < -0.3 is 4.74 Å². The highest BCUT2D eigenvalue weighted by Crippen LogP contribution is 2.26. The van der Waals surface area contributed by atoms with Crippen molar-refractivity contribution in [2.24, 2.45) is 5.10 Å². The molecule has 0 radical (unpaired) electrons. The standard InChI is InChI=1S/C15H21BrN2O2/c1-4-11-7-8-14(13(16)9-11)20-10-15(19)18-17-12(5-2)6-3/h7-9H,4-6,10H2,1-3H3,(H,18,19). The monoisotopic (exact) mass is 340 g/mol. The number of aryl methyl sites for hydroxylation is 1. The van der Waals surface area contributed by atoms with Crippen LogP contribution in [-0.4, -0.2) is 18.2 Å². The molecule has 110 valence electrons. The Morgan fingerprint density at radius 2 is 2.00 bits per heavy atom. The minimum atomic E-state index is -0.254. The second-order valence-electron chi connectivity index (χ2n) is 4.33. The Morgan fingerprint density at radius 1 is 1.30 bits per heavy atom. The molecule has 0 aromatic heterocycles. The summed E-state index contributed by atoms with van der Waals surface area (Å²) in [4.78, 5) is 11.6. The van der Waals surface area contributed by atoms with E-state index >= 15 is 0 Å². The van der Waals surface area contributed by atoms with E-state index in [1.54, 1.807) is 0 Å². The SMILES string of the molecule is CCC(CC)=NNC(=O)COc1ccc(CC)cc1Br. The average molecular weight is 341 g/mol.